The van der Waals surface area contributed by atoms with Crippen molar-refractivity contribution in [1.29, 1.82) is 0 Å². The van der Waals surface area contributed by atoms with Crippen molar-refractivity contribution in [3.8, 4) is 0 Å². The van der Waals surface area contributed by atoms with Crippen LogP contribution < -0.4 is 9.86 Å². The zero-order chi connectivity index (χ0) is 15.6. The summed E-state index contributed by atoms with van der Waals surface area (Å²) in [5.41, 5.74) is -0.393. The second-order valence-corrected chi connectivity index (χ2v) is 7.38. The summed E-state index contributed by atoms with van der Waals surface area (Å²) < 4.78 is 47.5. The average Bonchev–Trinajstić information content (AvgIpc) is 2.25. The first-order valence-corrected chi connectivity index (χ1v) is 8.48. The number of rotatable bonds is 6. The van der Waals surface area contributed by atoms with E-state index in [0.717, 1.165) is 6.07 Å². The zero-order valence-electron chi connectivity index (χ0n) is 10.4. The third-order valence-electron chi connectivity index (χ3n) is 2.34. The van der Waals surface area contributed by atoms with Crippen LogP contribution in [0.2, 0.25) is 0 Å². The highest BCUT2D eigenvalue weighted by Crippen LogP contribution is 2.26. The second-order valence-electron chi connectivity index (χ2n) is 3.95. The largest absolute Gasteiger partial charge is 0.289 e. The molecule has 20 heavy (non-hydrogen) atoms. The molecule has 1 aromatic carbocycles. The first kappa shape index (κ1) is 16.5. The van der Waals surface area contributed by atoms with Gasteiger partial charge in [0.25, 0.3) is 5.69 Å². The van der Waals surface area contributed by atoms with E-state index in [-0.39, 0.29) is 5.56 Å². The quantitative estimate of drug-likeness (QED) is 0.530. The van der Waals surface area contributed by atoms with E-state index in [1.54, 1.807) is 0 Å². The maximum atomic E-state index is 12.0. The molecule has 0 saturated carbocycles. The number of hydrogen-bond acceptors (Lipinski definition) is 6. The molecule has 0 heterocycles. The number of benzene rings is 1. The Morgan fingerprint density at radius 2 is 1.90 bits per heavy atom. The van der Waals surface area contributed by atoms with Gasteiger partial charge in [0.15, 0.2) is 4.90 Å². The van der Waals surface area contributed by atoms with Crippen LogP contribution in [0.4, 0.5) is 5.69 Å². The van der Waals surface area contributed by atoms with Gasteiger partial charge in [-0.05, 0) is 12.5 Å². The molecule has 0 atom stereocenters. The number of nitro groups is 1. The monoisotopic (exact) mass is 323 g/mol. The summed E-state index contributed by atoms with van der Waals surface area (Å²) in [6, 6.07) is 3.82. The topological polar surface area (TPSA) is 149 Å². The molecule has 0 unspecified atom stereocenters. The molecule has 11 heteroatoms. The van der Waals surface area contributed by atoms with Crippen LogP contribution in [0.3, 0.4) is 0 Å². The van der Waals surface area contributed by atoms with Crippen LogP contribution in [0, 0.1) is 17.0 Å². The van der Waals surface area contributed by atoms with Gasteiger partial charge in [0, 0.05) is 12.6 Å². The lowest BCUT2D eigenvalue weighted by molar-refractivity contribution is -0.387. The number of sulfonamides is 2. The number of nitrogens with one attached hydrogen (secondary N) is 1. The standard InChI is InChI=1S/C9H13N3O6S2/c1-7-3-2-4-8(12(13)14)9(7)20(17,18)11-5-6-19(10,15)16/h2-4,11H,5-6H2,1H3,(H2,10,15,16). The number of nitrogens with two attached hydrogens (primary N) is 1. The number of primary sulfonamides is 1. The molecule has 3 N–H and O–H groups in total. The summed E-state index contributed by atoms with van der Waals surface area (Å²) in [6.45, 7) is 0.938. The van der Waals surface area contributed by atoms with Gasteiger partial charge in [-0.3, -0.25) is 10.1 Å². The van der Waals surface area contributed by atoms with Gasteiger partial charge in [-0.1, -0.05) is 12.1 Å². The van der Waals surface area contributed by atoms with E-state index in [9.17, 15) is 26.9 Å². The fraction of sp³-hybridized carbons (Fsp3) is 0.333. The van der Waals surface area contributed by atoms with Gasteiger partial charge >= 0.3 is 0 Å². The highest BCUT2D eigenvalue weighted by molar-refractivity contribution is 7.90. The minimum absolute atomic E-state index is 0.183. The summed E-state index contributed by atoms with van der Waals surface area (Å²) in [5.74, 6) is -0.605. The molecule has 0 amide bonds. The lowest BCUT2D eigenvalue weighted by Crippen LogP contribution is -2.32. The fourth-order valence-electron chi connectivity index (χ4n) is 1.52. The van der Waals surface area contributed by atoms with Crippen molar-refractivity contribution in [2.24, 2.45) is 5.14 Å². The first-order chi connectivity index (χ1) is 9.04. The Balaban J connectivity index is 3.13. The van der Waals surface area contributed by atoms with Gasteiger partial charge in [0.05, 0.1) is 10.7 Å². The molecule has 0 aliphatic heterocycles. The van der Waals surface area contributed by atoms with Crippen molar-refractivity contribution in [3.05, 3.63) is 33.9 Å². The molecule has 1 aromatic rings. The SMILES string of the molecule is Cc1cccc([N+](=O)[O-])c1S(=O)(=O)NCCS(N)(=O)=O. The molecule has 0 spiro atoms. The number of aryl methyl sites for hydroxylation is 1. The van der Waals surface area contributed by atoms with Crippen molar-refractivity contribution in [2.75, 3.05) is 12.3 Å². The Morgan fingerprint density at radius 3 is 2.40 bits per heavy atom. The lowest BCUT2D eigenvalue weighted by Gasteiger charge is -2.09. The van der Waals surface area contributed by atoms with Crippen LogP contribution in [0.15, 0.2) is 23.1 Å². The molecule has 0 aliphatic rings. The van der Waals surface area contributed by atoms with Crippen molar-refractivity contribution < 1.29 is 21.8 Å². The molecule has 0 aliphatic carbocycles. The van der Waals surface area contributed by atoms with E-state index in [4.69, 9.17) is 5.14 Å². The third kappa shape index (κ3) is 4.23. The minimum Gasteiger partial charge on any atom is -0.258 e. The van der Waals surface area contributed by atoms with Crippen LogP contribution in [0.25, 0.3) is 0 Å². The molecule has 0 fully saturated rings. The number of nitrogens with zero attached hydrogens (tertiary/aromatic N) is 1. The van der Waals surface area contributed by atoms with Gasteiger partial charge in [0.1, 0.15) is 0 Å². The number of nitro benzene ring substituents is 1. The molecule has 0 bridgehead atoms. The normalized spacial score (nSPS) is 12.3. The van der Waals surface area contributed by atoms with E-state index < -0.39 is 47.9 Å². The average molecular weight is 323 g/mol. The summed E-state index contributed by atoms with van der Waals surface area (Å²) in [4.78, 5) is 9.55. The van der Waals surface area contributed by atoms with E-state index in [1.165, 1.54) is 19.1 Å². The van der Waals surface area contributed by atoms with Crippen LogP contribution in [0.1, 0.15) is 5.56 Å². The summed E-state index contributed by atoms with van der Waals surface area (Å²) in [7, 11) is -8.03. The van der Waals surface area contributed by atoms with Crippen LogP contribution in [0.5, 0.6) is 0 Å². The number of hydrogen-bond donors (Lipinski definition) is 2. The third-order valence-corrected chi connectivity index (χ3v) is 4.76. The van der Waals surface area contributed by atoms with Gasteiger partial charge in [-0.25, -0.2) is 26.7 Å². The smallest absolute Gasteiger partial charge is 0.258 e. The maximum Gasteiger partial charge on any atom is 0.289 e. The highest BCUT2D eigenvalue weighted by atomic mass is 32.2. The Bertz CT molecular complexity index is 726. The van der Waals surface area contributed by atoms with E-state index in [1.807, 2.05) is 4.72 Å². The molecular formula is C9H13N3O6S2. The molecule has 0 radical (unpaired) electrons. The molecule has 112 valence electrons. The fourth-order valence-corrected chi connectivity index (χ4v) is 3.46. The van der Waals surface area contributed by atoms with Crippen molar-refractivity contribution >= 4 is 25.7 Å². The summed E-state index contributed by atoms with van der Waals surface area (Å²) in [6.07, 6.45) is 0. The highest BCUT2D eigenvalue weighted by Gasteiger charge is 2.27. The molecule has 9 nitrogen and oxygen atoms in total. The Morgan fingerprint density at radius 1 is 1.30 bits per heavy atom. The minimum atomic E-state index is -4.20. The van der Waals surface area contributed by atoms with E-state index >= 15 is 0 Å². The lowest BCUT2D eigenvalue weighted by atomic mass is 10.2. The molecule has 1 rings (SSSR count). The van der Waals surface area contributed by atoms with Crippen LogP contribution >= 0.6 is 0 Å². The van der Waals surface area contributed by atoms with Gasteiger partial charge in [0.2, 0.25) is 20.0 Å². The summed E-state index contributed by atoms with van der Waals surface area (Å²) >= 11 is 0. The first-order valence-electron chi connectivity index (χ1n) is 5.29. The van der Waals surface area contributed by atoms with Gasteiger partial charge in [-0.15, -0.1) is 0 Å². The van der Waals surface area contributed by atoms with E-state index in [2.05, 4.69) is 0 Å². The predicted octanol–water partition coefficient (Wildman–Crippen LogP) is -0.530. The molecular weight excluding hydrogens is 310 g/mol. The van der Waals surface area contributed by atoms with Crippen molar-refractivity contribution in [1.82, 2.24) is 4.72 Å². The van der Waals surface area contributed by atoms with E-state index in [0.29, 0.717) is 0 Å². The molecule has 0 saturated heterocycles. The van der Waals surface area contributed by atoms with Crippen molar-refractivity contribution in [3.63, 3.8) is 0 Å². The summed E-state index contributed by atoms with van der Waals surface area (Å²) in [5, 5.41) is 15.6. The van der Waals surface area contributed by atoms with Crippen LogP contribution in [-0.2, 0) is 20.0 Å². The van der Waals surface area contributed by atoms with Gasteiger partial charge < -0.3 is 0 Å². The van der Waals surface area contributed by atoms with Crippen LogP contribution in [-0.4, -0.2) is 34.1 Å². The Hall–Kier alpha value is -1.56. The zero-order valence-corrected chi connectivity index (χ0v) is 12.1. The Labute approximate surface area is 116 Å². The maximum absolute atomic E-state index is 12.0. The van der Waals surface area contributed by atoms with Crippen molar-refractivity contribution in [2.45, 2.75) is 11.8 Å². The molecule has 0 aromatic heterocycles. The van der Waals surface area contributed by atoms with Gasteiger partial charge in [-0.2, -0.15) is 0 Å². The Kier molecular flexibility index (Phi) is 4.81. The second kappa shape index (κ2) is 5.83. The predicted molar refractivity (Wildman–Crippen MR) is 71.0 cm³/mol.